The molecule has 6 nitrogen and oxygen atoms in total. The SMILES string of the molecule is CN1C(=O)C[NH2+][C@@H]1C(C)(C)C.O=C([O-])[C@@H](O)c1ccccc1. The summed E-state index contributed by atoms with van der Waals surface area (Å²) in [6, 6.07) is 8.11. The Morgan fingerprint density at radius 1 is 1.36 bits per heavy atom. The number of quaternary nitrogens is 1. The Bertz CT molecular complexity index is 511. The predicted octanol–water partition coefficient (Wildman–Crippen LogP) is -1.14. The Morgan fingerprint density at radius 3 is 2.23 bits per heavy atom. The topological polar surface area (TPSA) is 97.3 Å². The molecular weight excluding hydrogens is 284 g/mol. The Kier molecular flexibility index (Phi) is 6.08. The van der Waals surface area contributed by atoms with Gasteiger partial charge in [0.1, 0.15) is 6.10 Å². The number of amides is 1. The van der Waals surface area contributed by atoms with Crippen LogP contribution in [0.3, 0.4) is 0 Å². The number of nitrogens with two attached hydrogens (primary N) is 1. The second-order valence-corrected chi connectivity index (χ2v) is 6.39. The lowest BCUT2D eigenvalue weighted by molar-refractivity contribution is -0.690. The molecule has 3 N–H and O–H groups in total. The van der Waals surface area contributed by atoms with Crippen molar-refractivity contribution >= 4 is 11.9 Å². The Balaban J connectivity index is 0.000000220. The number of carboxylic acid groups (broad SMARTS) is 1. The first kappa shape index (κ1) is 18.1. The van der Waals surface area contributed by atoms with Gasteiger partial charge in [0.05, 0.1) is 5.97 Å². The van der Waals surface area contributed by atoms with Gasteiger partial charge < -0.3 is 20.3 Å². The fourth-order valence-corrected chi connectivity index (χ4v) is 2.38. The second-order valence-electron chi connectivity index (χ2n) is 6.39. The van der Waals surface area contributed by atoms with Crippen LogP contribution in [0.25, 0.3) is 0 Å². The monoisotopic (exact) mass is 308 g/mol. The summed E-state index contributed by atoms with van der Waals surface area (Å²) in [6.45, 7) is 7.08. The normalized spacial score (nSPS) is 19.4. The van der Waals surface area contributed by atoms with Crippen molar-refractivity contribution in [3.63, 3.8) is 0 Å². The number of carbonyl (C=O) groups is 2. The quantitative estimate of drug-likeness (QED) is 0.722. The number of nitrogens with zero attached hydrogens (tertiary/aromatic N) is 1. The van der Waals surface area contributed by atoms with E-state index in [2.05, 4.69) is 26.1 Å². The number of aliphatic hydroxyl groups is 1. The number of carboxylic acids is 1. The van der Waals surface area contributed by atoms with Crippen LogP contribution in [0.2, 0.25) is 0 Å². The van der Waals surface area contributed by atoms with Crippen molar-refractivity contribution in [2.45, 2.75) is 33.0 Å². The highest BCUT2D eigenvalue weighted by Gasteiger charge is 2.39. The fraction of sp³-hybridized carbons (Fsp3) is 0.500. The lowest BCUT2D eigenvalue weighted by Gasteiger charge is -2.28. The van der Waals surface area contributed by atoms with Gasteiger partial charge in [-0.15, -0.1) is 0 Å². The van der Waals surface area contributed by atoms with Gasteiger partial charge in [0, 0.05) is 12.5 Å². The Hall–Kier alpha value is -1.92. The molecule has 0 bridgehead atoms. The van der Waals surface area contributed by atoms with E-state index in [4.69, 9.17) is 5.11 Å². The molecule has 2 atom stereocenters. The molecular formula is C16H24N2O4. The largest absolute Gasteiger partial charge is 0.547 e. The third-order valence-corrected chi connectivity index (χ3v) is 3.55. The van der Waals surface area contributed by atoms with Gasteiger partial charge in [-0.2, -0.15) is 0 Å². The van der Waals surface area contributed by atoms with E-state index >= 15 is 0 Å². The van der Waals surface area contributed by atoms with Gasteiger partial charge in [0.25, 0.3) is 5.91 Å². The highest BCUT2D eigenvalue weighted by Crippen LogP contribution is 2.20. The van der Waals surface area contributed by atoms with Crippen LogP contribution in [0.1, 0.15) is 32.4 Å². The summed E-state index contributed by atoms with van der Waals surface area (Å²) >= 11 is 0. The number of benzene rings is 1. The minimum absolute atomic E-state index is 0.181. The Morgan fingerprint density at radius 2 is 1.91 bits per heavy atom. The lowest BCUT2D eigenvalue weighted by Crippen LogP contribution is -2.91. The zero-order chi connectivity index (χ0) is 16.9. The van der Waals surface area contributed by atoms with E-state index < -0.39 is 12.1 Å². The smallest absolute Gasteiger partial charge is 0.281 e. The maximum atomic E-state index is 11.1. The van der Waals surface area contributed by atoms with Crippen LogP contribution in [0.4, 0.5) is 0 Å². The molecule has 0 unspecified atom stereocenters. The van der Waals surface area contributed by atoms with Crippen LogP contribution in [0.5, 0.6) is 0 Å². The molecule has 1 aliphatic rings. The molecule has 6 heteroatoms. The van der Waals surface area contributed by atoms with E-state index in [1.807, 2.05) is 11.9 Å². The number of hydrogen-bond donors (Lipinski definition) is 2. The highest BCUT2D eigenvalue weighted by atomic mass is 16.4. The Labute approximate surface area is 130 Å². The van der Waals surface area contributed by atoms with Gasteiger partial charge in [-0.05, 0) is 5.56 Å². The summed E-state index contributed by atoms with van der Waals surface area (Å²) in [5.41, 5.74) is 0.522. The van der Waals surface area contributed by atoms with Crippen LogP contribution in [0.15, 0.2) is 30.3 Å². The minimum Gasteiger partial charge on any atom is -0.547 e. The van der Waals surface area contributed by atoms with Gasteiger partial charge in [-0.3, -0.25) is 9.69 Å². The second kappa shape index (κ2) is 7.38. The number of hydrogen-bond acceptors (Lipinski definition) is 4. The van der Waals surface area contributed by atoms with Crippen molar-refractivity contribution in [2.24, 2.45) is 5.41 Å². The molecule has 1 amide bonds. The maximum absolute atomic E-state index is 11.1. The van der Waals surface area contributed by atoms with Crippen LogP contribution < -0.4 is 10.4 Å². The molecule has 0 saturated carbocycles. The first-order valence-corrected chi connectivity index (χ1v) is 7.17. The average Bonchev–Trinajstić information content (AvgIpc) is 2.79. The predicted molar refractivity (Wildman–Crippen MR) is 79.2 cm³/mol. The van der Waals surface area contributed by atoms with Gasteiger partial charge in [0.15, 0.2) is 12.7 Å². The molecule has 2 rings (SSSR count). The number of likely N-dealkylation sites (N-methyl/N-ethyl adjacent to an activating group) is 1. The summed E-state index contributed by atoms with van der Waals surface area (Å²) in [7, 11) is 1.88. The van der Waals surface area contributed by atoms with Crippen molar-refractivity contribution in [1.82, 2.24) is 4.90 Å². The third kappa shape index (κ3) is 4.82. The number of carbonyl (C=O) groups excluding carboxylic acids is 2. The van der Waals surface area contributed by atoms with Crippen LogP contribution in [-0.4, -0.2) is 41.6 Å². The molecule has 22 heavy (non-hydrogen) atoms. The first-order valence-electron chi connectivity index (χ1n) is 7.17. The van der Waals surface area contributed by atoms with Crippen molar-refractivity contribution in [1.29, 1.82) is 0 Å². The molecule has 0 radical (unpaired) electrons. The van der Waals surface area contributed by atoms with Crippen molar-refractivity contribution in [2.75, 3.05) is 13.6 Å². The van der Waals surface area contributed by atoms with Gasteiger partial charge in [-0.25, -0.2) is 0 Å². The molecule has 1 aromatic rings. The van der Waals surface area contributed by atoms with Crippen LogP contribution >= 0.6 is 0 Å². The summed E-state index contributed by atoms with van der Waals surface area (Å²) in [5, 5.41) is 21.2. The van der Waals surface area contributed by atoms with Crippen LogP contribution in [0, 0.1) is 5.41 Å². The third-order valence-electron chi connectivity index (χ3n) is 3.55. The first-order chi connectivity index (χ1) is 10.1. The van der Waals surface area contributed by atoms with Gasteiger partial charge in [0.2, 0.25) is 0 Å². The van der Waals surface area contributed by atoms with Crippen LogP contribution in [-0.2, 0) is 9.59 Å². The minimum atomic E-state index is -1.52. The molecule has 122 valence electrons. The van der Waals surface area contributed by atoms with Crippen molar-refractivity contribution < 1.29 is 25.1 Å². The van der Waals surface area contributed by atoms with E-state index in [-0.39, 0.29) is 11.3 Å². The zero-order valence-electron chi connectivity index (χ0n) is 13.4. The van der Waals surface area contributed by atoms with Crippen molar-refractivity contribution in [3.05, 3.63) is 35.9 Å². The number of aliphatic hydroxyl groups excluding tert-OH is 1. The summed E-state index contributed by atoms with van der Waals surface area (Å²) < 4.78 is 0. The zero-order valence-corrected chi connectivity index (χ0v) is 13.4. The molecule has 1 aliphatic heterocycles. The summed E-state index contributed by atoms with van der Waals surface area (Å²) in [6.07, 6.45) is -1.20. The average molecular weight is 308 g/mol. The number of rotatable bonds is 2. The number of aliphatic carboxylic acids is 1. The molecule has 1 fully saturated rings. The fourth-order valence-electron chi connectivity index (χ4n) is 2.38. The molecule has 1 heterocycles. The lowest BCUT2D eigenvalue weighted by atomic mass is 9.92. The van der Waals surface area contributed by atoms with Crippen molar-refractivity contribution in [3.8, 4) is 0 Å². The highest BCUT2D eigenvalue weighted by molar-refractivity contribution is 5.78. The summed E-state index contributed by atoms with van der Waals surface area (Å²) in [5.74, 6) is -1.24. The molecule has 0 aliphatic carbocycles. The van der Waals surface area contributed by atoms with E-state index in [1.54, 1.807) is 18.2 Å². The van der Waals surface area contributed by atoms with E-state index in [0.29, 0.717) is 18.3 Å². The standard InChI is InChI=1S/C8H16N2O.C8H8O3/c1-8(2,3)7-9-5-6(11)10(7)4;9-7(8(10)11)6-4-2-1-3-5-6/h7,9H,5H2,1-4H3;1-5,7,9H,(H,10,11)/t2*7-/m00/s1. The van der Waals surface area contributed by atoms with E-state index in [0.717, 1.165) is 0 Å². The molecule has 1 saturated heterocycles. The maximum Gasteiger partial charge on any atom is 0.281 e. The molecule has 0 aromatic heterocycles. The van der Waals surface area contributed by atoms with E-state index in [9.17, 15) is 14.7 Å². The molecule has 1 aromatic carbocycles. The van der Waals surface area contributed by atoms with E-state index in [1.165, 1.54) is 12.1 Å². The van der Waals surface area contributed by atoms with Gasteiger partial charge >= 0.3 is 0 Å². The van der Waals surface area contributed by atoms with Gasteiger partial charge in [-0.1, -0.05) is 51.1 Å². The summed E-state index contributed by atoms with van der Waals surface area (Å²) in [4.78, 5) is 23.1. The molecule has 0 spiro atoms.